The molecular weight excluding hydrogens is 273 g/mol. The molecule has 0 radical (unpaired) electrons. The van der Waals surface area contributed by atoms with Gasteiger partial charge in [0, 0.05) is 27.9 Å². The molecule has 0 saturated heterocycles. The fourth-order valence-electron chi connectivity index (χ4n) is 2.10. The van der Waals surface area contributed by atoms with Crippen molar-refractivity contribution < 1.29 is 9.13 Å². The SMILES string of the molecule is COc1cccc(CNC(C)Cc2ccc(C)s2)c1F. The van der Waals surface area contributed by atoms with E-state index in [0.717, 1.165) is 6.42 Å². The molecule has 2 aromatic rings. The summed E-state index contributed by atoms with van der Waals surface area (Å²) in [5.74, 6) is 0.0208. The van der Waals surface area contributed by atoms with Gasteiger partial charge in [0.05, 0.1) is 7.11 Å². The quantitative estimate of drug-likeness (QED) is 0.871. The molecule has 0 spiro atoms. The van der Waals surface area contributed by atoms with Gasteiger partial charge in [-0.15, -0.1) is 11.3 Å². The Morgan fingerprint density at radius 3 is 2.75 bits per heavy atom. The highest BCUT2D eigenvalue weighted by Crippen LogP contribution is 2.20. The average Bonchev–Trinajstić information content (AvgIpc) is 2.83. The Hall–Kier alpha value is -1.39. The van der Waals surface area contributed by atoms with Crippen LogP contribution >= 0.6 is 11.3 Å². The summed E-state index contributed by atoms with van der Waals surface area (Å²) in [5, 5.41) is 3.36. The van der Waals surface area contributed by atoms with Crippen molar-refractivity contribution in [3.63, 3.8) is 0 Å². The van der Waals surface area contributed by atoms with Gasteiger partial charge in [0.1, 0.15) is 0 Å². The number of rotatable bonds is 6. The van der Waals surface area contributed by atoms with Crippen LogP contribution in [0.4, 0.5) is 4.39 Å². The van der Waals surface area contributed by atoms with Crippen molar-refractivity contribution in [1.82, 2.24) is 5.32 Å². The van der Waals surface area contributed by atoms with Crippen LogP contribution in [0.5, 0.6) is 5.75 Å². The van der Waals surface area contributed by atoms with E-state index < -0.39 is 0 Å². The zero-order valence-corrected chi connectivity index (χ0v) is 12.9. The van der Waals surface area contributed by atoms with E-state index in [2.05, 4.69) is 31.3 Å². The second kappa shape index (κ2) is 6.86. The van der Waals surface area contributed by atoms with Crippen molar-refractivity contribution in [3.8, 4) is 5.75 Å². The lowest BCUT2D eigenvalue weighted by atomic mass is 10.1. The normalized spacial score (nSPS) is 12.4. The van der Waals surface area contributed by atoms with Crippen molar-refractivity contribution in [1.29, 1.82) is 0 Å². The lowest BCUT2D eigenvalue weighted by Crippen LogP contribution is -2.27. The van der Waals surface area contributed by atoms with Crippen LogP contribution in [0, 0.1) is 12.7 Å². The number of thiophene rings is 1. The first-order valence-electron chi connectivity index (χ1n) is 6.70. The highest BCUT2D eigenvalue weighted by molar-refractivity contribution is 7.11. The summed E-state index contributed by atoms with van der Waals surface area (Å²) in [5.41, 5.74) is 0.638. The first-order chi connectivity index (χ1) is 9.60. The van der Waals surface area contributed by atoms with Crippen molar-refractivity contribution in [2.75, 3.05) is 7.11 Å². The molecule has 0 fully saturated rings. The van der Waals surface area contributed by atoms with Crippen LogP contribution < -0.4 is 10.1 Å². The molecule has 1 aromatic carbocycles. The summed E-state index contributed by atoms with van der Waals surface area (Å²) in [4.78, 5) is 2.68. The Morgan fingerprint density at radius 1 is 1.30 bits per heavy atom. The summed E-state index contributed by atoms with van der Waals surface area (Å²) < 4.78 is 19.0. The molecule has 0 saturated carbocycles. The van der Waals surface area contributed by atoms with E-state index in [-0.39, 0.29) is 5.82 Å². The van der Waals surface area contributed by atoms with Crippen molar-refractivity contribution >= 4 is 11.3 Å². The zero-order valence-electron chi connectivity index (χ0n) is 12.1. The van der Waals surface area contributed by atoms with Gasteiger partial charge in [0.25, 0.3) is 0 Å². The second-order valence-corrected chi connectivity index (χ2v) is 6.30. The molecule has 2 nitrogen and oxygen atoms in total. The van der Waals surface area contributed by atoms with E-state index in [1.807, 2.05) is 17.4 Å². The van der Waals surface area contributed by atoms with Crippen LogP contribution in [0.2, 0.25) is 0 Å². The summed E-state index contributed by atoms with van der Waals surface area (Å²) in [6.07, 6.45) is 0.962. The Bertz CT molecular complexity index is 567. The molecule has 1 unspecified atom stereocenters. The summed E-state index contributed by atoms with van der Waals surface area (Å²) in [6, 6.07) is 9.83. The minimum atomic E-state index is -0.276. The number of benzene rings is 1. The molecule has 0 bridgehead atoms. The van der Waals surface area contributed by atoms with Gasteiger partial charge in [-0.3, -0.25) is 0 Å². The highest BCUT2D eigenvalue weighted by atomic mass is 32.1. The van der Waals surface area contributed by atoms with E-state index in [1.165, 1.54) is 16.9 Å². The lowest BCUT2D eigenvalue weighted by molar-refractivity contribution is 0.382. The third kappa shape index (κ3) is 3.81. The van der Waals surface area contributed by atoms with E-state index in [4.69, 9.17) is 4.74 Å². The number of methoxy groups -OCH3 is 1. The van der Waals surface area contributed by atoms with Gasteiger partial charge in [-0.05, 0) is 38.5 Å². The van der Waals surface area contributed by atoms with Crippen LogP contribution in [-0.4, -0.2) is 13.2 Å². The smallest absolute Gasteiger partial charge is 0.169 e. The van der Waals surface area contributed by atoms with Crippen molar-refractivity contribution in [2.45, 2.75) is 32.9 Å². The number of halogens is 1. The van der Waals surface area contributed by atoms with Gasteiger partial charge in [-0.25, -0.2) is 4.39 Å². The zero-order chi connectivity index (χ0) is 14.5. The molecule has 1 atom stereocenters. The first kappa shape index (κ1) is 15.0. The van der Waals surface area contributed by atoms with Gasteiger partial charge in [-0.1, -0.05) is 12.1 Å². The van der Waals surface area contributed by atoms with Crippen LogP contribution in [0.15, 0.2) is 30.3 Å². The van der Waals surface area contributed by atoms with E-state index >= 15 is 0 Å². The van der Waals surface area contributed by atoms with Gasteiger partial charge >= 0.3 is 0 Å². The second-order valence-electron chi connectivity index (χ2n) is 4.93. The molecule has 4 heteroatoms. The van der Waals surface area contributed by atoms with Gasteiger partial charge < -0.3 is 10.1 Å². The molecule has 20 heavy (non-hydrogen) atoms. The van der Waals surface area contributed by atoms with Crippen molar-refractivity contribution in [3.05, 3.63) is 51.5 Å². The van der Waals surface area contributed by atoms with E-state index in [9.17, 15) is 4.39 Å². The fourth-order valence-corrected chi connectivity index (χ4v) is 3.12. The summed E-state index contributed by atoms with van der Waals surface area (Å²) in [7, 11) is 1.48. The summed E-state index contributed by atoms with van der Waals surface area (Å²) in [6.45, 7) is 4.74. The third-order valence-electron chi connectivity index (χ3n) is 3.21. The number of nitrogens with one attached hydrogen (secondary N) is 1. The number of hydrogen-bond donors (Lipinski definition) is 1. The Balaban J connectivity index is 1.91. The minimum absolute atomic E-state index is 0.276. The molecule has 2 rings (SSSR count). The average molecular weight is 293 g/mol. The predicted molar refractivity (Wildman–Crippen MR) is 82.0 cm³/mol. The standard InChI is InChI=1S/C16H20FNOS/c1-11(9-14-8-7-12(2)20-14)18-10-13-5-4-6-15(19-3)16(13)17/h4-8,11,18H,9-10H2,1-3H3. The molecule has 0 aliphatic rings. The maximum Gasteiger partial charge on any atom is 0.169 e. The number of aryl methyl sites for hydroxylation is 1. The molecule has 1 N–H and O–H groups in total. The predicted octanol–water partition coefficient (Wildman–Crippen LogP) is 3.93. The topological polar surface area (TPSA) is 21.3 Å². The Morgan fingerprint density at radius 2 is 2.10 bits per heavy atom. The monoisotopic (exact) mass is 293 g/mol. The Labute approximate surface area is 123 Å². The van der Waals surface area contributed by atoms with Gasteiger partial charge in [-0.2, -0.15) is 0 Å². The van der Waals surface area contributed by atoms with Gasteiger partial charge in [0.2, 0.25) is 0 Å². The fraction of sp³-hybridized carbons (Fsp3) is 0.375. The third-order valence-corrected chi connectivity index (χ3v) is 4.23. The van der Waals surface area contributed by atoms with Gasteiger partial charge in [0.15, 0.2) is 11.6 Å². The molecule has 1 heterocycles. The summed E-state index contributed by atoms with van der Waals surface area (Å²) >= 11 is 1.81. The first-order valence-corrected chi connectivity index (χ1v) is 7.52. The van der Waals surface area contributed by atoms with Crippen LogP contribution in [-0.2, 0) is 13.0 Å². The van der Waals surface area contributed by atoms with E-state index in [1.54, 1.807) is 12.1 Å². The van der Waals surface area contributed by atoms with Crippen LogP contribution in [0.25, 0.3) is 0 Å². The largest absolute Gasteiger partial charge is 0.494 e. The molecule has 0 amide bonds. The van der Waals surface area contributed by atoms with Crippen LogP contribution in [0.3, 0.4) is 0 Å². The van der Waals surface area contributed by atoms with Crippen LogP contribution in [0.1, 0.15) is 22.2 Å². The maximum absolute atomic E-state index is 14.0. The van der Waals surface area contributed by atoms with E-state index in [0.29, 0.717) is 23.9 Å². The minimum Gasteiger partial charge on any atom is -0.494 e. The van der Waals surface area contributed by atoms with Crippen molar-refractivity contribution in [2.24, 2.45) is 0 Å². The maximum atomic E-state index is 14.0. The Kier molecular flexibility index (Phi) is 5.15. The number of hydrogen-bond acceptors (Lipinski definition) is 3. The molecule has 1 aromatic heterocycles. The highest BCUT2D eigenvalue weighted by Gasteiger charge is 2.10. The molecule has 108 valence electrons. The molecule has 0 aliphatic heterocycles. The lowest BCUT2D eigenvalue weighted by Gasteiger charge is -2.14. The number of ether oxygens (including phenoxy) is 1. The molecular formula is C16H20FNOS. The molecule has 0 aliphatic carbocycles.